The Kier molecular flexibility index (Phi) is 5.69. The molecule has 4 heteroatoms. The number of imidazole rings is 1. The van der Waals surface area contributed by atoms with Gasteiger partial charge in [-0.25, -0.2) is 4.98 Å². The summed E-state index contributed by atoms with van der Waals surface area (Å²) < 4.78 is 2.19. The Morgan fingerprint density at radius 2 is 2.12 bits per heavy atom. The van der Waals surface area contributed by atoms with E-state index in [0.717, 1.165) is 24.8 Å². The summed E-state index contributed by atoms with van der Waals surface area (Å²) >= 11 is 0. The molecule has 24 heavy (non-hydrogen) atoms. The molecule has 0 amide bonds. The molecule has 0 spiro atoms. The van der Waals surface area contributed by atoms with Gasteiger partial charge in [0.25, 0.3) is 0 Å². The van der Waals surface area contributed by atoms with E-state index >= 15 is 0 Å². The monoisotopic (exact) mass is 326 g/mol. The maximum atomic E-state index is 4.30. The molecule has 0 radical (unpaired) electrons. The molecule has 1 aliphatic rings. The topological polar surface area (TPSA) is 33.1 Å². The molecule has 0 aliphatic carbocycles. The van der Waals surface area contributed by atoms with Crippen molar-refractivity contribution in [3.8, 4) is 0 Å². The van der Waals surface area contributed by atoms with Gasteiger partial charge in [0, 0.05) is 38.1 Å². The quantitative estimate of drug-likeness (QED) is 0.886. The van der Waals surface area contributed by atoms with E-state index in [1.54, 1.807) is 0 Å². The Bertz CT molecular complexity index is 649. The van der Waals surface area contributed by atoms with E-state index in [0.29, 0.717) is 6.04 Å². The number of aromatic nitrogens is 2. The average molecular weight is 326 g/mol. The van der Waals surface area contributed by atoms with Crippen molar-refractivity contribution in [3.05, 3.63) is 53.6 Å². The van der Waals surface area contributed by atoms with E-state index < -0.39 is 0 Å². The summed E-state index contributed by atoms with van der Waals surface area (Å²) in [6, 6.07) is 9.54. The van der Waals surface area contributed by atoms with Crippen LogP contribution in [0.25, 0.3) is 0 Å². The largest absolute Gasteiger partial charge is 0.331 e. The second-order valence-corrected chi connectivity index (χ2v) is 7.07. The highest BCUT2D eigenvalue weighted by Gasteiger charge is 2.24. The van der Waals surface area contributed by atoms with Crippen LogP contribution in [0.4, 0.5) is 0 Å². The van der Waals surface area contributed by atoms with Crippen molar-refractivity contribution >= 4 is 0 Å². The molecule has 1 aliphatic heterocycles. The van der Waals surface area contributed by atoms with Crippen molar-refractivity contribution in [2.75, 3.05) is 19.6 Å². The minimum Gasteiger partial charge on any atom is -0.331 e. The highest BCUT2D eigenvalue weighted by atomic mass is 15.1. The summed E-state index contributed by atoms with van der Waals surface area (Å²) in [5, 5.41) is 3.78. The van der Waals surface area contributed by atoms with Crippen molar-refractivity contribution in [2.45, 2.75) is 46.3 Å². The summed E-state index contributed by atoms with van der Waals surface area (Å²) in [7, 11) is 0. The lowest BCUT2D eigenvalue weighted by Crippen LogP contribution is -2.47. The number of benzene rings is 1. The van der Waals surface area contributed by atoms with Crippen molar-refractivity contribution in [2.24, 2.45) is 5.92 Å². The van der Waals surface area contributed by atoms with Gasteiger partial charge < -0.3 is 14.8 Å². The van der Waals surface area contributed by atoms with Crippen molar-refractivity contribution in [3.63, 3.8) is 0 Å². The fourth-order valence-corrected chi connectivity index (χ4v) is 3.68. The first-order valence-electron chi connectivity index (χ1n) is 9.17. The van der Waals surface area contributed by atoms with Crippen LogP contribution in [0.3, 0.4) is 0 Å². The second kappa shape index (κ2) is 7.95. The lowest BCUT2D eigenvalue weighted by molar-refractivity contribution is 0.153. The maximum Gasteiger partial charge on any atom is 0.105 e. The van der Waals surface area contributed by atoms with Crippen LogP contribution in [0, 0.1) is 12.8 Å². The average Bonchev–Trinajstić information content (AvgIpc) is 2.99. The van der Waals surface area contributed by atoms with Crippen LogP contribution in [0.5, 0.6) is 0 Å². The SMILES string of the molecule is CCN1CC[C@H](NCc2cccc(Cn3ccnc3C)c2)[C@H](C)C1. The Balaban J connectivity index is 1.56. The number of piperidine rings is 1. The van der Waals surface area contributed by atoms with Crippen LogP contribution in [-0.4, -0.2) is 40.1 Å². The van der Waals surface area contributed by atoms with Gasteiger partial charge in [0.1, 0.15) is 5.82 Å². The summed E-state index contributed by atoms with van der Waals surface area (Å²) in [5.74, 6) is 1.78. The number of nitrogens with one attached hydrogen (secondary N) is 1. The third-order valence-electron chi connectivity index (χ3n) is 5.27. The van der Waals surface area contributed by atoms with E-state index in [2.05, 4.69) is 64.8 Å². The van der Waals surface area contributed by atoms with Gasteiger partial charge in [0.05, 0.1) is 0 Å². The molecule has 0 unspecified atom stereocenters. The highest BCUT2D eigenvalue weighted by molar-refractivity contribution is 5.24. The molecule has 1 saturated heterocycles. The molecule has 4 nitrogen and oxygen atoms in total. The van der Waals surface area contributed by atoms with Gasteiger partial charge in [-0.05, 0) is 43.5 Å². The molecule has 2 heterocycles. The number of nitrogens with zero attached hydrogens (tertiary/aromatic N) is 3. The van der Waals surface area contributed by atoms with Gasteiger partial charge in [0.15, 0.2) is 0 Å². The van der Waals surface area contributed by atoms with Crippen LogP contribution in [0.2, 0.25) is 0 Å². The van der Waals surface area contributed by atoms with Gasteiger partial charge in [-0.15, -0.1) is 0 Å². The number of hydrogen-bond donors (Lipinski definition) is 1. The normalized spacial score (nSPS) is 22.0. The van der Waals surface area contributed by atoms with Crippen LogP contribution in [0.15, 0.2) is 36.7 Å². The Labute approximate surface area is 145 Å². The van der Waals surface area contributed by atoms with E-state index in [-0.39, 0.29) is 0 Å². The zero-order valence-corrected chi connectivity index (χ0v) is 15.2. The first kappa shape index (κ1) is 17.2. The van der Waals surface area contributed by atoms with Crippen LogP contribution in [-0.2, 0) is 13.1 Å². The lowest BCUT2D eigenvalue weighted by atomic mass is 9.93. The molecule has 0 saturated carbocycles. The standard InChI is InChI=1S/C20H30N4/c1-4-23-10-8-20(16(2)14-23)22-13-18-6-5-7-19(12-18)15-24-11-9-21-17(24)3/h5-7,9,11-12,16,20,22H,4,8,10,13-15H2,1-3H3/t16-,20+/m1/s1. The molecule has 1 aromatic heterocycles. The van der Waals surface area contributed by atoms with E-state index in [9.17, 15) is 0 Å². The molecular formula is C20H30N4. The predicted molar refractivity (Wildman–Crippen MR) is 99.0 cm³/mol. The highest BCUT2D eigenvalue weighted by Crippen LogP contribution is 2.17. The zero-order valence-electron chi connectivity index (χ0n) is 15.2. The zero-order chi connectivity index (χ0) is 16.9. The lowest BCUT2D eigenvalue weighted by Gasteiger charge is -2.37. The molecule has 1 N–H and O–H groups in total. The first-order chi connectivity index (χ1) is 11.7. The molecule has 3 rings (SSSR count). The fourth-order valence-electron chi connectivity index (χ4n) is 3.68. The van der Waals surface area contributed by atoms with Crippen LogP contribution in [0.1, 0.15) is 37.2 Å². The van der Waals surface area contributed by atoms with Gasteiger partial charge >= 0.3 is 0 Å². The number of likely N-dealkylation sites (tertiary alicyclic amines) is 1. The summed E-state index contributed by atoms with van der Waals surface area (Å²) in [5.41, 5.74) is 2.71. The van der Waals surface area contributed by atoms with Crippen molar-refractivity contribution < 1.29 is 0 Å². The first-order valence-corrected chi connectivity index (χ1v) is 9.17. The van der Waals surface area contributed by atoms with E-state index in [1.807, 2.05) is 12.4 Å². The maximum absolute atomic E-state index is 4.30. The fraction of sp³-hybridized carbons (Fsp3) is 0.550. The summed E-state index contributed by atoms with van der Waals surface area (Å²) in [4.78, 5) is 6.85. The van der Waals surface area contributed by atoms with Crippen molar-refractivity contribution in [1.82, 2.24) is 19.8 Å². The summed E-state index contributed by atoms with van der Waals surface area (Å²) in [6.45, 7) is 12.1. The minimum absolute atomic E-state index is 0.632. The predicted octanol–water partition coefficient (Wildman–Crippen LogP) is 3.06. The third-order valence-corrected chi connectivity index (χ3v) is 5.27. The van der Waals surface area contributed by atoms with Crippen LogP contribution < -0.4 is 5.32 Å². The summed E-state index contributed by atoms with van der Waals surface area (Å²) in [6.07, 6.45) is 5.16. The third kappa shape index (κ3) is 4.25. The Hall–Kier alpha value is -1.65. The van der Waals surface area contributed by atoms with Gasteiger partial charge in [-0.2, -0.15) is 0 Å². The molecule has 2 atom stereocenters. The Morgan fingerprint density at radius 3 is 2.83 bits per heavy atom. The number of rotatable bonds is 6. The molecular weight excluding hydrogens is 296 g/mol. The molecule has 2 aromatic rings. The molecule has 1 aromatic carbocycles. The minimum atomic E-state index is 0.632. The van der Waals surface area contributed by atoms with E-state index in [1.165, 1.54) is 37.2 Å². The Morgan fingerprint density at radius 1 is 1.29 bits per heavy atom. The molecule has 1 fully saturated rings. The van der Waals surface area contributed by atoms with Crippen molar-refractivity contribution in [1.29, 1.82) is 0 Å². The van der Waals surface area contributed by atoms with Crippen LogP contribution >= 0.6 is 0 Å². The number of hydrogen-bond acceptors (Lipinski definition) is 3. The molecule has 0 bridgehead atoms. The smallest absolute Gasteiger partial charge is 0.105 e. The van der Waals surface area contributed by atoms with Gasteiger partial charge in [-0.3, -0.25) is 0 Å². The van der Waals surface area contributed by atoms with E-state index in [4.69, 9.17) is 0 Å². The number of aryl methyl sites for hydroxylation is 1. The van der Waals surface area contributed by atoms with Gasteiger partial charge in [0.2, 0.25) is 0 Å². The van der Waals surface area contributed by atoms with Gasteiger partial charge in [-0.1, -0.05) is 38.1 Å². The molecule has 130 valence electrons. The second-order valence-electron chi connectivity index (χ2n) is 7.07.